The first-order valence-electron chi connectivity index (χ1n) is 6.78. The van der Waals surface area contributed by atoms with Crippen LogP contribution in [-0.4, -0.2) is 30.3 Å². The Bertz CT molecular complexity index is 433. The van der Waals surface area contributed by atoms with Crippen LogP contribution < -0.4 is 5.32 Å². The van der Waals surface area contributed by atoms with Gasteiger partial charge in [-0.25, -0.2) is 4.79 Å². The molecule has 1 aromatic carbocycles. The zero-order valence-corrected chi connectivity index (χ0v) is 11.3. The summed E-state index contributed by atoms with van der Waals surface area (Å²) in [5.41, 5.74) is 1.54. The van der Waals surface area contributed by atoms with Crippen LogP contribution in [-0.2, 0) is 11.3 Å². The van der Waals surface area contributed by atoms with Crippen molar-refractivity contribution in [2.24, 2.45) is 0 Å². The molecule has 2 atom stereocenters. The normalized spacial score (nSPS) is 23.1. The van der Waals surface area contributed by atoms with Crippen molar-refractivity contribution in [2.45, 2.75) is 44.4 Å². The molecule has 4 nitrogen and oxygen atoms in total. The maximum atomic E-state index is 11.6. The zero-order valence-electron chi connectivity index (χ0n) is 11.3. The number of rotatable bonds is 4. The first-order valence-corrected chi connectivity index (χ1v) is 6.78. The van der Waals surface area contributed by atoms with E-state index in [4.69, 9.17) is 4.74 Å². The highest BCUT2D eigenvalue weighted by atomic mass is 16.5. The van der Waals surface area contributed by atoms with Crippen molar-refractivity contribution in [1.29, 1.82) is 0 Å². The molecular weight excluding hydrogens is 242 g/mol. The Morgan fingerprint density at radius 2 is 2.21 bits per heavy atom. The van der Waals surface area contributed by atoms with E-state index < -0.39 is 0 Å². The minimum atomic E-state index is -0.305. The molecule has 1 aliphatic rings. The Morgan fingerprint density at radius 1 is 1.42 bits per heavy atom. The second-order valence-corrected chi connectivity index (χ2v) is 5.05. The maximum absolute atomic E-state index is 11.6. The molecule has 19 heavy (non-hydrogen) atoms. The summed E-state index contributed by atoms with van der Waals surface area (Å²) in [5, 5.41) is 13.1. The summed E-state index contributed by atoms with van der Waals surface area (Å²) in [6.07, 6.45) is 3.63. The number of aliphatic hydroxyl groups excluding tert-OH is 1. The number of ether oxygens (including phenoxy) is 1. The molecule has 2 unspecified atom stereocenters. The zero-order chi connectivity index (χ0) is 13.7. The first-order chi connectivity index (χ1) is 9.20. The average Bonchev–Trinajstić information content (AvgIpc) is 2.45. The first kappa shape index (κ1) is 14.0. The van der Waals surface area contributed by atoms with Crippen molar-refractivity contribution in [3.8, 4) is 0 Å². The van der Waals surface area contributed by atoms with Crippen LogP contribution in [0, 0.1) is 0 Å². The van der Waals surface area contributed by atoms with E-state index in [0.29, 0.717) is 18.2 Å². The summed E-state index contributed by atoms with van der Waals surface area (Å²) in [5.74, 6) is -0.305. The average molecular weight is 263 g/mol. The van der Waals surface area contributed by atoms with E-state index in [1.165, 1.54) is 7.11 Å². The quantitative estimate of drug-likeness (QED) is 0.814. The minimum Gasteiger partial charge on any atom is -0.465 e. The monoisotopic (exact) mass is 263 g/mol. The van der Waals surface area contributed by atoms with Crippen molar-refractivity contribution >= 4 is 5.97 Å². The van der Waals surface area contributed by atoms with Crippen LogP contribution in [0.25, 0.3) is 0 Å². The Morgan fingerprint density at radius 3 is 2.95 bits per heavy atom. The van der Waals surface area contributed by atoms with E-state index in [1.54, 1.807) is 6.07 Å². The molecule has 4 heteroatoms. The molecule has 0 heterocycles. The second-order valence-electron chi connectivity index (χ2n) is 5.05. The van der Waals surface area contributed by atoms with Crippen LogP contribution in [0.1, 0.15) is 41.6 Å². The predicted octanol–water partition coefficient (Wildman–Crippen LogP) is 1.87. The second kappa shape index (κ2) is 6.68. The van der Waals surface area contributed by atoms with Crippen LogP contribution in [0.15, 0.2) is 24.3 Å². The molecule has 0 aliphatic heterocycles. The Balaban J connectivity index is 1.97. The van der Waals surface area contributed by atoms with Crippen molar-refractivity contribution in [3.63, 3.8) is 0 Å². The van der Waals surface area contributed by atoms with Crippen LogP contribution >= 0.6 is 0 Å². The van der Waals surface area contributed by atoms with Gasteiger partial charge in [0.15, 0.2) is 0 Å². The van der Waals surface area contributed by atoms with Gasteiger partial charge in [-0.05, 0) is 37.3 Å². The molecule has 2 rings (SSSR count). The fourth-order valence-corrected chi connectivity index (χ4v) is 2.59. The topological polar surface area (TPSA) is 58.6 Å². The molecule has 0 bridgehead atoms. The van der Waals surface area contributed by atoms with E-state index in [1.807, 2.05) is 18.2 Å². The number of nitrogens with one attached hydrogen (secondary N) is 1. The SMILES string of the molecule is COC(=O)c1ccccc1CNC1CCCC(O)C1. The van der Waals surface area contributed by atoms with E-state index >= 15 is 0 Å². The number of carbonyl (C=O) groups is 1. The van der Waals surface area contributed by atoms with Crippen molar-refractivity contribution in [2.75, 3.05) is 7.11 Å². The third-order valence-corrected chi connectivity index (χ3v) is 3.65. The molecule has 0 spiro atoms. The van der Waals surface area contributed by atoms with Gasteiger partial charge >= 0.3 is 5.97 Å². The number of hydrogen-bond acceptors (Lipinski definition) is 4. The number of hydrogen-bond donors (Lipinski definition) is 2. The van der Waals surface area contributed by atoms with Gasteiger partial charge in [-0.3, -0.25) is 0 Å². The van der Waals surface area contributed by atoms with Gasteiger partial charge < -0.3 is 15.2 Å². The highest BCUT2D eigenvalue weighted by molar-refractivity contribution is 5.90. The Labute approximate surface area is 113 Å². The smallest absolute Gasteiger partial charge is 0.338 e. The van der Waals surface area contributed by atoms with Gasteiger partial charge in [0.2, 0.25) is 0 Å². The van der Waals surface area contributed by atoms with Gasteiger partial charge in [-0.1, -0.05) is 18.2 Å². The fourth-order valence-electron chi connectivity index (χ4n) is 2.59. The highest BCUT2D eigenvalue weighted by Crippen LogP contribution is 2.19. The van der Waals surface area contributed by atoms with E-state index in [2.05, 4.69) is 5.32 Å². The summed E-state index contributed by atoms with van der Waals surface area (Å²) in [6, 6.07) is 7.78. The van der Waals surface area contributed by atoms with Crippen LogP contribution in [0.2, 0.25) is 0 Å². The molecule has 104 valence electrons. The molecule has 1 aromatic rings. The molecular formula is C15H21NO3. The van der Waals surface area contributed by atoms with Crippen LogP contribution in [0.3, 0.4) is 0 Å². The third kappa shape index (κ3) is 3.78. The summed E-state index contributed by atoms with van der Waals surface area (Å²) in [6.45, 7) is 0.628. The number of carbonyl (C=O) groups excluding carboxylic acids is 1. The minimum absolute atomic E-state index is 0.192. The van der Waals surface area contributed by atoms with Crippen molar-refractivity contribution in [1.82, 2.24) is 5.32 Å². The molecule has 2 N–H and O–H groups in total. The lowest BCUT2D eigenvalue weighted by molar-refractivity contribution is 0.0598. The highest BCUT2D eigenvalue weighted by Gasteiger charge is 2.20. The molecule has 1 fully saturated rings. The van der Waals surface area contributed by atoms with Crippen molar-refractivity contribution in [3.05, 3.63) is 35.4 Å². The van der Waals surface area contributed by atoms with Gasteiger partial charge in [0.25, 0.3) is 0 Å². The summed E-state index contributed by atoms with van der Waals surface area (Å²) < 4.78 is 4.78. The number of aliphatic hydroxyl groups is 1. The lowest BCUT2D eigenvalue weighted by Gasteiger charge is -2.27. The Hall–Kier alpha value is -1.39. The largest absolute Gasteiger partial charge is 0.465 e. The third-order valence-electron chi connectivity index (χ3n) is 3.65. The standard InChI is InChI=1S/C15H21NO3/c1-19-15(18)14-8-3-2-5-11(14)10-16-12-6-4-7-13(17)9-12/h2-3,5,8,12-13,16-17H,4,6-7,9-10H2,1H3. The number of benzene rings is 1. The van der Waals surface area contributed by atoms with E-state index in [9.17, 15) is 9.90 Å². The van der Waals surface area contributed by atoms with Gasteiger partial charge in [0.1, 0.15) is 0 Å². The van der Waals surface area contributed by atoms with E-state index in [0.717, 1.165) is 31.2 Å². The van der Waals surface area contributed by atoms with Gasteiger partial charge in [0, 0.05) is 12.6 Å². The number of methoxy groups -OCH3 is 1. The summed E-state index contributed by atoms with van der Waals surface area (Å²) in [4.78, 5) is 11.6. The number of esters is 1. The molecule has 0 amide bonds. The predicted molar refractivity (Wildman–Crippen MR) is 72.9 cm³/mol. The van der Waals surface area contributed by atoms with Gasteiger partial charge in [-0.15, -0.1) is 0 Å². The summed E-state index contributed by atoms with van der Waals surface area (Å²) in [7, 11) is 1.39. The maximum Gasteiger partial charge on any atom is 0.338 e. The Kier molecular flexibility index (Phi) is 4.93. The van der Waals surface area contributed by atoms with Crippen molar-refractivity contribution < 1.29 is 14.6 Å². The fraction of sp³-hybridized carbons (Fsp3) is 0.533. The lowest BCUT2D eigenvalue weighted by atomic mass is 9.93. The molecule has 0 saturated heterocycles. The van der Waals surface area contributed by atoms with Crippen LogP contribution in [0.5, 0.6) is 0 Å². The van der Waals surface area contributed by atoms with E-state index in [-0.39, 0.29) is 12.1 Å². The van der Waals surface area contributed by atoms with Gasteiger partial charge in [-0.2, -0.15) is 0 Å². The van der Waals surface area contributed by atoms with Crippen LogP contribution in [0.4, 0.5) is 0 Å². The van der Waals surface area contributed by atoms with Gasteiger partial charge in [0.05, 0.1) is 18.8 Å². The summed E-state index contributed by atoms with van der Waals surface area (Å²) >= 11 is 0. The molecule has 0 radical (unpaired) electrons. The lowest BCUT2D eigenvalue weighted by Crippen LogP contribution is -2.35. The molecule has 1 aliphatic carbocycles. The molecule has 0 aromatic heterocycles. The molecule has 1 saturated carbocycles.